The number of hydrogen-bond donors (Lipinski definition) is 11. The van der Waals surface area contributed by atoms with Crippen LogP contribution in [0.4, 0.5) is 0 Å². The van der Waals surface area contributed by atoms with E-state index >= 15 is 0 Å². The smallest absolute Gasteiger partial charge is 0.249 e. The summed E-state index contributed by atoms with van der Waals surface area (Å²) in [7, 11) is 0. The predicted molar refractivity (Wildman–Crippen MR) is 160 cm³/mol. The van der Waals surface area contributed by atoms with Gasteiger partial charge in [-0.2, -0.15) is 0 Å². The Morgan fingerprint density at radius 1 is 0.956 bits per heavy atom. The van der Waals surface area contributed by atoms with Gasteiger partial charge in [0.2, 0.25) is 5.91 Å². The number of nitrogens with one attached hydrogen (secondary N) is 2. The lowest BCUT2D eigenvalue weighted by atomic mass is 9.83. The Morgan fingerprint density at radius 2 is 1.67 bits per heavy atom. The molecular weight excluding hydrogens is 592 g/mol. The first-order valence-corrected chi connectivity index (χ1v) is 15.5. The van der Waals surface area contributed by atoms with Crippen LogP contribution in [0.15, 0.2) is 30.3 Å². The van der Waals surface area contributed by atoms with Crippen LogP contribution in [-0.2, 0) is 30.3 Å². The number of hydrogen-bond acceptors (Lipinski definition) is 15. The molecule has 16 heteroatoms. The van der Waals surface area contributed by atoms with Crippen molar-refractivity contribution in [3.63, 3.8) is 0 Å². The van der Waals surface area contributed by atoms with E-state index in [1.165, 1.54) is 0 Å². The highest BCUT2D eigenvalue weighted by molar-refractivity contribution is 5.80. The van der Waals surface area contributed by atoms with Gasteiger partial charge < -0.3 is 78.0 Å². The van der Waals surface area contributed by atoms with Gasteiger partial charge in [-0.3, -0.25) is 4.79 Å². The van der Waals surface area contributed by atoms with Gasteiger partial charge in [0.05, 0.1) is 30.8 Å². The maximum absolute atomic E-state index is 12.8. The number of amides is 1. The van der Waals surface area contributed by atoms with Crippen molar-refractivity contribution in [2.75, 3.05) is 19.7 Å². The van der Waals surface area contributed by atoms with Crippen LogP contribution in [-0.4, -0.2) is 137 Å². The number of carbonyl (C=O) groups is 1. The van der Waals surface area contributed by atoms with Crippen LogP contribution in [0.2, 0.25) is 0 Å². The number of nitrogens with two attached hydrogens (primary N) is 4. The fourth-order valence-electron chi connectivity index (χ4n) is 6.07. The number of benzene rings is 1. The van der Waals surface area contributed by atoms with Crippen LogP contribution >= 0.6 is 0 Å². The van der Waals surface area contributed by atoms with Crippen molar-refractivity contribution >= 4 is 5.91 Å². The van der Waals surface area contributed by atoms with Crippen molar-refractivity contribution < 1.29 is 49.3 Å². The van der Waals surface area contributed by atoms with E-state index < -0.39 is 92.0 Å². The van der Waals surface area contributed by atoms with E-state index in [4.69, 9.17) is 41.9 Å². The zero-order chi connectivity index (χ0) is 32.7. The van der Waals surface area contributed by atoms with Gasteiger partial charge >= 0.3 is 0 Å². The summed E-state index contributed by atoms with van der Waals surface area (Å²) in [6.45, 7) is 0.00826. The standard InChI is InChI=1S/C29H50N6O10/c30-9-8-19(37)27(41)35-18-10-17(33)25(44-28-16(32)7-6-15(11-31)42-28)24(40)26(18)45-29-23(39)21(22(38)20(13-36)43-29)34-12-14-4-2-1-3-5-14/h1-5,15-26,28-29,34,36-40H,6-13,30-33H2,(H,35,41)/t15?,16?,17-,18+,19-,20?,21-,22-,23?,24?,25?,26+,28-,29-/m0/s1. The van der Waals surface area contributed by atoms with Crippen molar-refractivity contribution in [1.82, 2.24) is 10.6 Å². The number of aliphatic hydroxyl groups excluding tert-OH is 5. The maximum Gasteiger partial charge on any atom is 0.249 e. The first-order chi connectivity index (χ1) is 21.6. The topological polar surface area (TPSA) is 283 Å². The molecule has 1 saturated carbocycles. The quantitative estimate of drug-likeness (QED) is 0.0966. The third-order valence-corrected chi connectivity index (χ3v) is 8.70. The van der Waals surface area contributed by atoms with Crippen LogP contribution in [0.1, 0.15) is 31.2 Å². The average Bonchev–Trinajstić information content (AvgIpc) is 3.03. The molecule has 1 amide bonds. The van der Waals surface area contributed by atoms with Gasteiger partial charge in [-0.15, -0.1) is 0 Å². The Hall–Kier alpha value is -1.87. The summed E-state index contributed by atoms with van der Waals surface area (Å²) in [6.07, 6.45) is -10.7. The van der Waals surface area contributed by atoms with Crippen LogP contribution < -0.4 is 33.6 Å². The molecule has 45 heavy (non-hydrogen) atoms. The van der Waals surface area contributed by atoms with Gasteiger partial charge in [0.25, 0.3) is 0 Å². The van der Waals surface area contributed by atoms with Crippen molar-refractivity contribution in [2.24, 2.45) is 22.9 Å². The lowest BCUT2D eigenvalue weighted by Crippen LogP contribution is -2.69. The van der Waals surface area contributed by atoms with Crippen molar-refractivity contribution in [2.45, 2.75) is 118 Å². The zero-order valence-electron chi connectivity index (χ0n) is 25.2. The van der Waals surface area contributed by atoms with Gasteiger partial charge in [-0.1, -0.05) is 30.3 Å². The van der Waals surface area contributed by atoms with E-state index in [-0.39, 0.29) is 38.6 Å². The molecule has 14 atom stereocenters. The highest BCUT2D eigenvalue weighted by Crippen LogP contribution is 2.32. The summed E-state index contributed by atoms with van der Waals surface area (Å²) in [5.41, 5.74) is 24.9. The molecule has 0 spiro atoms. The molecule has 2 aliphatic heterocycles. The minimum atomic E-state index is -1.51. The minimum Gasteiger partial charge on any atom is -0.394 e. The van der Waals surface area contributed by atoms with E-state index in [0.29, 0.717) is 12.8 Å². The summed E-state index contributed by atoms with van der Waals surface area (Å²) < 4.78 is 24.0. The summed E-state index contributed by atoms with van der Waals surface area (Å²) in [4.78, 5) is 12.8. The number of aliphatic hydroxyl groups is 5. The Kier molecular flexibility index (Phi) is 13.4. The van der Waals surface area contributed by atoms with E-state index in [1.807, 2.05) is 30.3 Å². The van der Waals surface area contributed by atoms with E-state index in [9.17, 15) is 30.3 Å². The molecule has 0 bridgehead atoms. The molecule has 0 aromatic heterocycles. The molecule has 1 aliphatic carbocycles. The lowest BCUT2D eigenvalue weighted by molar-refractivity contribution is -0.316. The van der Waals surface area contributed by atoms with Crippen molar-refractivity contribution in [1.29, 1.82) is 0 Å². The maximum atomic E-state index is 12.8. The Balaban J connectivity index is 1.55. The van der Waals surface area contributed by atoms with Gasteiger partial charge in [-0.25, -0.2) is 0 Å². The third kappa shape index (κ3) is 8.94. The molecule has 2 saturated heterocycles. The molecule has 4 rings (SSSR count). The predicted octanol–water partition coefficient (Wildman–Crippen LogP) is -4.57. The summed E-state index contributed by atoms with van der Waals surface area (Å²) in [5.74, 6) is -0.752. The average molecular weight is 643 g/mol. The summed E-state index contributed by atoms with van der Waals surface area (Å²) in [5, 5.41) is 59.8. The van der Waals surface area contributed by atoms with Crippen LogP contribution in [0.25, 0.3) is 0 Å². The number of ether oxygens (including phenoxy) is 4. The first-order valence-electron chi connectivity index (χ1n) is 15.5. The molecule has 256 valence electrons. The van der Waals surface area contributed by atoms with Crippen molar-refractivity contribution in [3.05, 3.63) is 35.9 Å². The molecule has 15 N–H and O–H groups in total. The van der Waals surface area contributed by atoms with Gasteiger partial charge in [-0.05, 0) is 37.8 Å². The summed E-state index contributed by atoms with van der Waals surface area (Å²) >= 11 is 0. The summed E-state index contributed by atoms with van der Waals surface area (Å²) in [6, 6.07) is 5.98. The number of carbonyl (C=O) groups excluding carboxylic acids is 1. The molecule has 6 unspecified atom stereocenters. The molecule has 2 heterocycles. The second-order valence-electron chi connectivity index (χ2n) is 12.0. The van der Waals surface area contributed by atoms with Crippen LogP contribution in [0.3, 0.4) is 0 Å². The van der Waals surface area contributed by atoms with E-state index in [1.54, 1.807) is 0 Å². The minimum absolute atomic E-state index is 0.00107. The van der Waals surface area contributed by atoms with E-state index in [0.717, 1.165) is 5.56 Å². The first kappa shape index (κ1) is 36.0. The SMILES string of the molecule is NCC[C@H](O)C(=O)N[C@@H]1C[C@H](N)C(O[C@@H]2OC(CN)CCC2N)C(O)[C@@H]1O[C@@H]1OC(CO)[C@H](O)[C@H](NCc2ccccc2)C1O. The lowest BCUT2D eigenvalue weighted by Gasteiger charge is -2.49. The fourth-order valence-corrected chi connectivity index (χ4v) is 6.07. The van der Waals surface area contributed by atoms with Gasteiger partial charge in [0, 0.05) is 19.1 Å². The molecule has 0 radical (unpaired) electrons. The molecule has 1 aromatic rings. The van der Waals surface area contributed by atoms with Gasteiger partial charge in [0.1, 0.15) is 42.7 Å². The molecule has 1 aromatic carbocycles. The Bertz CT molecular complexity index is 1050. The third-order valence-electron chi connectivity index (χ3n) is 8.70. The highest BCUT2D eigenvalue weighted by Gasteiger charge is 2.51. The number of rotatable bonds is 13. The molecule has 3 fully saturated rings. The Morgan fingerprint density at radius 3 is 2.33 bits per heavy atom. The zero-order valence-corrected chi connectivity index (χ0v) is 25.2. The highest BCUT2D eigenvalue weighted by atomic mass is 16.7. The molecular formula is C29H50N6O10. The van der Waals surface area contributed by atoms with Crippen molar-refractivity contribution in [3.8, 4) is 0 Å². The fraction of sp³-hybridized carbons (Fsp3) is 0.759. The van der Waals surface area contributed by atoms with Gasteiger partial charge in [0.15, 0.2) is 12.6 Å². The monoisotopic (exact) mass is 642 g/mol. The second-order valence-corrected chi connectivity index (χ2v) is 12.0. The molecule has 16 nitrogen and oxygen atoms in total. The Labute approximate surface area is 262 Å². The normalized spacial score (nSPS) is 39.7. The largest absolute Gasteiger partial charge is 0.394 e. The van der Waals surface area contributed by atoms with Crippen LogP contribution in [0.5, 0.6) is 0 Å². The van der Waals surface area contributed by atoms with Crippen LogP contribution in [0, 0.1) is 0 Å². The second kappa shape index (κ2) is 16.8. The van der Waals surface area contributed by atoms with E-state index in [2.05, 4.69) is 10.6 Å². The molecule has 3 aliphatic rings.